The molecule has 0 saturated carbocycles. The summed E-state index contributed by atoms with van der Waals surface area (Å²) in [6.45, 7) is 3.97. The highest BCUT2D eigenvalue weighted by molar-refractivity contribution is 5.94. The molecule has 23 heavy (non-hydrogen) atoms. The van der Waals surface area contributed by atoms with Crippen LogP contribution < -0.4 is 10.1 Å². The van der Waals surface area contributed by atoms with Crippen molar-refractivity contribution in [2.75, 3.05) is 18.4 Å². The van der Waals surface area contributed by atoms with Crippen molar-refractivity contribution in [2.45, 2.75) is 25.8 Å². The molecular weight excluding hydrogens is 288 g/mol. The first-order valence-corrected chi connectivity index (χ1v) is 8.10. The van der Waals surface area contributed by atoms with E-state index in [9.17, 15) is 4.79 Å². The summed E-state index contributed by atoms with van der Waals surface area (Å²) in [5, 5.41) is 2.98. The number of para-hydroxylation sites is 1. The van der Waals surface area contributed by atoms with Crippen LogP contribution in [0.15, 0.2) is 54.6 Å². The van der Waals surface area contributed by atoms with Crippen LogP contribution in [0.3, 0.4) is 0 Å². The van der Waals surface area contributed by atoms with Gasteiger partial charge in [0.1, 0.15) is 11.5 Å². The van der Waals surface area contributed by atoms with Crippen LogP contribution in [0.25, 0.3) is 0 Å². The maximum Gasteiger partial charge on any atom is 0.241 e. The number of nitrogens with one attached hydrogen (secondary N) is 1. The molecule has 0 radical (unpaired) electrons. The highest BCUT2D eigenvalue weighted by Crippen LogP contribution is 2.24. The summed E-state index contributed by atoms with van der Waals surface area (Å²) in [4.78, 5) is 14.6. The van der Waals surface area contributed by atoms with Gasteiger partial charge >= 0.3 is 0 Å². The molecule has 2 aromatic rings. The smallest absolute Gasteiger partial charge is 0.241 e. The van der Waals surface area contributed by atoms with E-state index in [1.54, 1.807) is 0 Å². The van der Waals surface area contributed by atoms with E-state index in [0.29, 0.717) is 5.75 Å². The van der Waals surface area contributed by atoms with E-state index in [0.717, 1.165) is 24.5 Å². The van der Waals surface area contributed by atoms with Crippen molar-refractivity contribution >= 4 is 11.6 Å². The normalized spacial score (nSPS) is 16.0. The number of carbonyl (C=O) groups is 1. The summed E-state index contributed by atoms with van der Waals surface area (Å²) in [5.74, 6) is 1.52. The van der Waals surface area contributed by atoms with Crippen LogP contribution in [0.4, 0.5) is 5.69 Å². The van der Waals surface area contributed by atoms with Gasteiger partial charge in [0.2, 0.25) is 5.91 Å². The molecule has 1 atom stereocenters. The van der Waals surface area contributed by atoms with Gasteiger partial charge in [-0.3, -0.25) is 9.69 Å². The Kier molecular flexibility index (Phi) is 4.93. The average molecular weight is 310 g/mol. The fraction of sp³-hybridized carbons (Fsp3) is 0.316. The van der Waals surface area contributed by atoms with Crippen molar-refractivity contribution in [1.82, 2.24) is 4.90 Å². The minimum absolute atomic E-state index is 0.0313. The Morgan fingerprint density at radius 2 is 1.74 bits per heavy atom. The molecule has 120 valence electrons. The number of hydrogen-bond donors (Lipinski definition) is 1. The van der Waals surface area contributed by atoms with E-state index >= 15 is 0 Å². The maximum absolute atomic E-state index is 12.4. The second-order valence-corrected chi connectivity index (χ2v) is 5.85. The Hall–Kier alpha value is -2.33. The van der Waals surface area contributed by atoms with Crippen LogP contribution in [0.1, 0.15) is 19.8 Å². The monoisotopic (exact) mass is 310 g/mol. The van der Waals surface area contributed by atoms with Crippen LogP contribution in [0.2, 0.25) is 0 Å². The molecular formula is C19H22N2O2. The van der Waals surface area contributed by atoms with Gasteiger partial charge in [0.15, 0.2) is 0 Å². The number of likely N-dealkylation sites (tertiary alicyclic amines) is 1. The first-order chi connectivity index (χ1) is 11.2. The minimum atomic E-state index is -0.101. The topological polar surface area (TPSA) is 41.6 Å². The number of carbonyl (C=O) groups excluding carboxylic acids is 1. The molecule has 4 heteroatoms. The summed E-state index contributed by atoms with van der Waals surface area (Å²) in [6, 6.07) is 17.0. The molecule has 0 spiro atoms. The van der Waals surface area contributed by atoms with Crippen molar-refractivity contribution < 1.29 is 9.53 Å². The van der Waals surface area contributed by atoms with Crippen molar-refractivity contribution in [3.05, 3.63) is 54.6 Å². The first kappa shape index (κ1) is 15.6. The predicted molar refractivity (Wildman–Crippen MR) is 91.9 cm³/mol. The predicted octanol–water partition coefficient (Wildman–Crippen LogP) is 3.90. The number of ether oxygens (including phenoxy) is 1. The lowest BCUT2D eigenvalue weighted by Crippen LogP contribution is -2.40. The number of hydrogen-bond acceptors (Lipinski definition) is 3. The zero-order chi connectivity index (χ0) is 16.1. The van der Waals surface area contributed by atoms with Crippen molar-refractivity contribution in [3.8, 4) is 11.5 Å². The summed E-state index contributed by atoms with van der Waals surface area (Å²) < 4.78 is 5.80. The van der Waals surface area contributed by atoms with Crippen LogP contribution in [0, 0.1) is 0 Å². The van der Waals surface area contributed by atoms with Crippen molar-refractivity contribution in [3.63, 3.8) is 0 Å². The quantitative estimate of drug-likeness (QED) is 0.910. The fourth-order valence-electron chi connectivity index (χ4n) is 2.80. The summed E-state index contributed by atoms with van der Waals surface area (Å²) >= 11 is 0. The molecule has 0 aliphatic carbocycles. The fourth-order valence-corrected chi connectivity index (χ4v) is 2.80. The lowest BCUT2D eigenvalue weighted by Gasteiger charge is -2.22. The van der Waals surface area contributed by atoms with Gasteiger partial charge in [-0.25, -0.2) is 0 Å². The minimum Gasteiger partial charge on any atom is -0.457 e. The zero-order valence-electron chi connectivity index (χ0n) is 13.4. The molecule has 1 saturated heterocycles. The van der Waals surface area contributed by atoms with Gasteiger partial charge in [-0.15, -0.1) is 0 Å². The Labute approximate surface area is 137 Å². The molecule has 1 aliphatic heterocycles. The Balaban J connectivity index is 1.64. The third-order valence-electron chi connectivity index (χ3n) is 4.15. The van der Waals surface area contributed by atoms with Gasteiger partial charge in [0, 0.05) is 11.8 Å². The van der Waals surface area contributed by atoms with Gasteiger partial charge in [-0.05, 0) is 57.1 Å². The van der Waals surface area contributed by atoms with Gasteiger partial charge in [-0.2, -0.15) is 0 Å². The average Bonchev–Trinajstić information content (AvgIpc) is 3.10. The molecule has 0 aromatic heterocycles. The SMILES string of the molecule is C[C@@H](C(=O)Nc1cccc(Oc2ccccc2)c1)N1CCCC1. The highest BCUT2D eigenvalue weighted by Gasteiger charge is 2.23. The number of amides is 1. The number of nitrogens with zero attached hydrogens (tertiary/aromatic N) is 1. The maximum atomic E-state index is 12.4. The Morgan fingerprint density at radius 1 is 1.04 bits per heavy atom. The van der Waals surface area contributed by atoms with Crippen LogP contribution in [0.5, 0.6) is 11.5 Å². The standard InChI is InChI=1S/C19H22N2O2/c1-15(21-12-5-6-13-21)19(22)20-16-8-7-11-18(14-16)23-17-9-3-2-4-10-17/h2-4,7-11,14-15H,5-6,12-13H2,1H3,(H,20,22)/t15-/m0/s1. The van der Waals surface area contributed by atoms with Crippen LogP contribution in [-0.4, -0.2) is 29.9 Å². The summed E-state index contributed by atoms with van der Waals surface area (Å²) in [7, 11) is 0. The molecule has 0 unspecified atom stereocenters. The molecule has 1 N–H and O–H groups in total. The van der Waals surface area contributed by atoms with Gasteiger partial charge in [0.25, 0.3) is 0 Å². The molecule has 3 rings (SSSR count). The van der Waals surface area contributed by atoms with Gasteiger partial charge in [-0.1, -0.05) is 24.3 Å². The van der Waals surface area contributed by atoms with Crippen LogP contribution in [-0.2, 0) is 4.79 Å². The second-order valence-electron chi connectivity index (χ2n) is 5.85. The number of benzene rings is 2. The lowest BCUT2D eigenvalue weighted by molar-refractivity contribution is -0.120. The van der Waals surface area contributed by atoms with Gasteiger partial charge < -0.3 is 10.1 Å². The second kappa shape index (κ2) is 7.29. The molecule has 4 nitrogen and oxygen atoms in total. The van der Waals surface area contributed by atoms with E-state index in [2.05, 4.69) is 10.2 Å². The van der Waals surface area contributed by atoms with Gasteiger partial charge in [0.05, 0.1) is 6.04 Å². The summed E-state index contributed by atoms with van der Waals surface area (Å²) in [6.07, 6.45) is 2.36. The molecule has 1 aliphatic rings. The highest BCUT2D eigenvalue weighted by atomic mass is 16.5. The molecule has 0 bridgehead atoms. The Bertz CT molecular complexity index is 651. The molecule has 2 aromatic carbocycles. The largest absolute Gasteiger partial charge is 0.457 e. The van der Waals surface area contributed by atoms with E-state index in [-0.39, 0.29) is 11.9 Å². The van der Waals surface area contributed by atoms with Crippen molar-refractivity contribution in [2.24, 2.45) is 0 Å². The third-order valence-corrected chi connectivity index (χ3v) is 4.15. The molecule has 1 fully saturated rings. The number of anilines is 1. The van der Waals surface area contributed by atoms with Crippen molar-refractivity contribution in [1.29, 1.82) is 0 Å². The number of rotatable bonds is 5. The molecule has 1 heterocycles. The van der Waals surface area contributed by atoms with E-state index in [4.69, 9.17) is 4.74 Å². The Morgan fingerprint density at radius 3 is 2.48 bits per heavy atom. The zero-order valence-corrected chi connectivity index (χ0v) is 13.4. The van der Waals surface area contributed by atoms with E-state index in [1.807, 2.05) is 61.5 Å². The summed E-state index contributed by atoms with van der Waals surface area (Å²) in [5.41, 5.74) is 0.759. The first-order valence-electron chi connectivity index (χ1n) is 8.10. The van der Waals surface area contributed by atoms with Crippen LogP contribution >= 0.6 is 0 Å². The third kappa shape index (κ3) is 4.11. The lowest BCUT2D eigenvalue weighted by atomic mass is 10.2. The molecule has 1 amide bonds. The van der Waals surface area contributed by atoms with E-state index in [1.165, 1.54) is 12.8 Å². The van der Waals surface area contributed by atoms with E-state index < -0.39 is 0 Å².